The van der Waals surface area contributed by atoms with Crippen LogP contribution < -0.4 is 5.32 Å². The first-order valence-corrected chi connectivity index (χ1v) is 11.4. The van der Waals surface area contributed by atoms with Crippen molar-refractivity contribution < 1.29 is 31.5 Å². The number of nitrogens with one attached hydrogen (secondary N) is 1. The SMILES string of the molecule is Cc1c(C#N)c(NC(=O)COC(=O)c2ccc(S(=O)(=O)C(F)F)cc2)n(-c2ccccc2)c1C. The third-order valence-electron chi connectivity index (χ3n) is 5.09. The summed E-state index contributed by atoms with van der Waals surface area (Å²) in [5, 5.41) is 12.2. The fourth-order valence-electron chi connectivity index (χ4n) is 3.23. The molecule has 0 fully saturated rings. The number of alkyl halides is 2. The Balaban J connectivity index is 1.74. The Morgan fingerprint density at radius 2 is 1.71 bits per heavy atom. The van der Waals surface area contributed by atoms with Gasteiger partial charge in [-0.25, -0.2) is 13.2 Å². The molecule has 0 atom stereocenters. The topological polar surface area (TPSA) is 118 Å². The van der Waals surface area contributed by atoms with Crippen molar-refractivity contribution >= 4 is 27.5 Å². The summed E-state index contributed by atoms with van der Waals surface area (Å²) in [7, 11) is -4.79. The normalized spacial score (nSPS) is 11.2. The number of aromatic nitrogens is 1. The molecular weight excluding hydrogens is 468 g/mol. The number of benzene rings is 2. The second kappa shape index (κ2) is 9.84. The molecule has 0 unspecified atom stereocenters. The van der Waals surface area contributed by atoms with Crippen LogP contribution in [0.2, 0.25) is 0 Å². The average molecular weight is 487 g/mol. The van der Waals surface area contributed by atoms with E-state index in [0.717, 1.165) is 35.6 Å². The molecule has 1 aromatic heterocycles. The number of amides is 1. The van der Waals surface area contributed by atoms with Crippen LogP contribution in [0.3, 0.4) is 0 Å². The molecule has 2 aromatic carbocycles. The highest BCUT2D eigenvalue weighted by molar-refractivity contribution is 7.91. The minimum atomic E-state index is -4.79. The van der Waals surface area contributed by atoms with Crippen molar-refractivity contribution in [3.05, 3.63) is 77.0 Å². The first kappa shape index (κ1) is 24.6. The second-order valence-electron chi connectivity index (χ2n) is 7.17. The van der Waals surface area contributed by atoms with E-state index in [1.165, 1.54) is 0 Å². The van der Waals surface area contributed by atoms with Crippen molar-refractivity contribution in [3.8, 4) is 11.8 Å². The fourth-order valence-corrected chi connectivity index (χ4v) is 3.95. The molecular formula is C23H19F2N3O5S. The molecule has 8 nitrogen and oxygen atoms in total. The van der Waals surface area contributed by atoms with E-state index >= 15 is 0 Å². The number of nitrogens with zero attached hydrogens (tertiary/aromatic N) is 2. The Morgan fingerprint density at radius 1 is 1.09 bits per heavy atom. The van der Waals surface area contributed by atoms with Gasteiger partial charge in [-0.05, 0) is 55.8 Å². The van der Waals surface area contributed by atoms with Gasteiger partial charge < -0.3 is 10.1 Å². The van der Waals surface area contributed by atoms with Crippen LogP contribution in [0.5, 0.6) is 0 Å². The highest BCUT2D eigenvalue weighted by Crippen LogP contribution is 2.29. The number of sulfone groups is 1. The standard InChI is InChI=1S/C23H19F2N3O5S/c1-14-15(2)28(17-6-4-3-5-7-17)21(19(14)12-26)27-20(29)13-33-22(30)16-8-10-18(11-9-16)34(31,32)23(24)25/h3-11,23H,13H2,1-2H3,(H,27,29). The number of carbonyl (C=O) groups excluding carboxylic acids is 2. The summed E-state index contributed by atoms with van der Waals surface area (Å²) in [5.41, 5.74) is 2.28. The molecule has 0 bridgehead atoms. The number of halogens is 2. The van der Waals surface area contributed by atoms with Crippen LogP contribution >= 0.6 is 0 Å². The predicted octanol–water partition coefficient (Wildman–Crippen LogP) is 3.76. The van der Waals surface area contributed by atoms with Crippen LogP contribution in [0, 0.1) is 25.2 Å². The zero-order valence-corrected chi connectivity index (χ0v) is 18.9. The lowest BCUT2D eigenvalue weighted by Crippen LogP contribution is -2.23. The van der Waals surface area contributed by atoms with Gasteiger partial charge in [0.25, 0.3) is 5.91 Å². The number of para-hydroxylation sites is 1. The molecule has 0 saturated heterocycles. The molecule has 0 aliphatic rings. The molecule has 0 aliphatic heterocycles. The van der Waals surface area contributed by atoms with E-state index in [0.29, 0.717) is 5.56 Å². The summed E-state index contributed by atoms with van der Waals surface area (Å²) in [4.78, 5) is 24.1. The maximum Gasteiger partial charge on any atom is 0.341 e. The molecule has 1 N–H and O–H groups in total. The monoisotopic (exact) mass is 487 g/mol. The summed E-state index contributed by atoms with van der Waals surface area (Å²) in [6.45, 7) is 2.86. The lowest BCUT2D eigenvalue weighted by atomic mass is 10.2. The molecule has 176 valence electrons. The first-order chi connectivity index (χ1) is 16.1. The quantitative estimate of drug-likeness (QED) is 0.507. The Labute approximate surface area is 194 Å². The summed E-state index contributed by atoms with van der Waals surface area (Å²) < 4.78 is 54.8. The molecule has 3 rings (SSSR count). The van der Waals surface area contributed by atoms with Crippen molar-refractivity contribution in [1.82, 2.24) is 4.57 Å². The van der Waals surface area contributed by atoms with E-state index in [2.05, 4.69) is 11.4 Å². The number of esters is 1. The highest BCUT2D eigenvalue weighted by atomic mass is 32.2. The van der Waals surface area contributed by atoms with Crippen molar-refractivity contribution in [2.75, 3.05) is 11.9 Å². The van der Waals surface area contributed by atoms with E-state index in [4.69, 9.17) is 4.74 Å². The van der Waals surface area contributed by atoms with E-state index in [1.807, 2.05) is 6.07 Å². The van der Waals surface area contributed by atoms with Gasteiger partial charge in [0.05, 0.1) is 16.0 Å². The maximum absolute atomic E-state index is 12.6. The van der Waals surface area contributed by atoms with Crippen LogP contribution in [0.1, 0.15) is 27.2 Å². The average Bonchev–Trinajstić information content (AvgIpc) is 3.06. The Hall–Kier alpha value is -4.04. The van der Waals surface area contributed by atoms with Gasteiger partial charge in [0, 0.05) is 11.4 Å². The van der Waals surface area contributed by atoms with Crippen LogP contribution in [0.4, 0.5) is 14.6 Å². The molecule has 1 amide bonds. The summed E-state index contributed by atoms with van der Waals surface area (Å²) in [6, 6.07) is 14.9. The van der Waals surface area contributed by atoms with Gasteiger partial charge in [0.1, 0.15) is 11.9 Å². The van der Waals surface area contributed by atoms with Gasteiger partial charge in [0.2, 0.25) is 9.84 Å². The zero-order chi connectivity index (χ0) is 25.0. The van der Waals surface area contributed by atoms with E-state index in [-0.39, 0.29) is 16.9 Å². The smallest absolute Gasteiger partial charge is 0.341 e. The van der Waals surface area contributed by atoms with Crippen LogP contribution in [0.15, 0.2) is 59.5 Å². The number of nitriles is 1. The van der Waals surface area contributed by atoms with Crippen LogP contribution in [-0.4, -0.2) is 37.2 Å². The molecule has 3 aromatic rings. The summed E-state index contributed by atoms with van der Waals surface area (Å²) in [5.74, 6) is -5.03. The number of carbonyl (C=O) groups is 2. The molecule has 11 heteroatoms. The van der Waals surface area contributed by atoms with Crippen molar-refractivity contribution in [3.63, 3.8) is 0 Å². The molecule has 0 radical (unpaired) electrons. The van der Waals surface area contributed by atoms with Gasteiger partial charge in [-0.1, -0.05) is 18.2 Å². The Bertz CT molecular complexity index is 1380. The van der Waals surface area contributed by atoms with E-state index in [9.17, 15) is 32.0 Å². The number of hydrogen-bond acceptors (Lipinski definition) is 6. The molecule has 0 saturated carbocycles. The Kier molecular flexibility index (Phi) is 7.12. The third kappa shape index (κ3) is 4.82. The van der Waals surface area contributed by atoms with Gasteiger partial charge in [0.15, 0.2) is 6.61 Å². The summed E-state index contributed by atoms with van der Waals surface area (Å²) in [6.07, 6.45) is 0. The second-order valence-corrected chi connectivity index (χ2v) is 9.09. The molecule has 1 heterocycles. The van der Waals surface area contributed by atoms with Gasteiger partial charge in [-0.3, -0.25) is 9.36 Å². The lowest BCUT2D eigenvalue weighted by Gasteiger charge is -2.13. The van der Waals surface area contributed by atoms with Gasteiger partial charge in [-0.15, -0.1) is 0 Å². The van der Waals surface area contributed by atoms with Crippen molar-refractivity contribution in [2.45, 2.75) is 24.5 Å². The predicted molar refractivity (Wildman–Crippen MR) is 119 cm³/mol. The first-order valence-electron chi connectivity index (χ1n) is 9.84. The van der Waals surface area contributed by atoms with Gasteiger partial charge in [-0.2, -0.15) is 14.0 Å². The van der Waals surface area contributed by atoms with E-state index < -0.39 is 39.0 Å². The summed E-state index contributed by atoms with van der Waals surface area (Å²) >= 11 is 0. The number of ether oxygens (including phenoxy) is 1. The number of rotatable bonds is 7. The highest BCUT2D eigenvalue weighted by Gasteiger charge is 2.27. The minimum Gasteiger partial charge on any atom is -0.452 e. The third-order valence-corrected chi connectivity index (χ3v) is 6.48. The maximum atomic E-state index is 12.6. The van der Waals surface area contributed by atoms with Gasteiger partial charge >= 0.3 is 11.7 Å². The van der Waals surface area contributed by atoms with Crippen molar-refractivity contribution in [1.29, 1.82) is 5.26 Å². The van der Waals surface area contributed by atoms with Crippen LogP contribution in [0.25, 0.3) is 5.69 Å². The fraction of sp³-hybridized carbons (Fsp3) is 0.174. The number of hydrogen-bond donors (Lipinski definition) is 1. The van der Waals surface area contributed by atoms with Crippen molar-refractivity contribution in [2.24, 2.45) is 0 Å². The molecule has 0 spiro atoms. The minimum absolute atomic E-state index is 0.127. The lowest BCUT2D eigenvalue weighted by molar-refractivity contribution is -0.119. The molecule has 34 heavy (non-hydrogen) atoms. The largest absolute Gasteiger partial charge is 0.452 e. The van der Waals surface area contributed by atoms with Crippen LogP contribution in [-0.2, 0) is 19.4 Å². The number of anilines is 1. The van der Waals surface area contributed by atoms with E-state index in [1.54, 1.807) is 42.7 Å². The zero-order valence-electron chi connectivity index (χ0n) is 18.1. The molecule has 0 aliphatic carbocycles. The Morgan fingerprint density at radius 3 is 2.26 bits per heavy atom.